The summed E-state index contributed by atoms with van der Waals surface area (Å²) in [6, 6.07) is 4.34. The third-order valence-corrected chi connectivity index (χ3v) is 1.79. The summed E-state index contributed by atoms with van der Waals surface area (Å²) in [6.07, 6.45) is 0. The molecular weight excluding hydrogens is 164 g/mol. The molecule has 5 heteroatoms. The lowest BCUT2D eigenvalue weighted by molar-refractivity contribution is 0.564. The van der Waals surface area contributed by atoms with Gasteiger partial charge >= 0.3 is 0 Å². The zero-order chi connectivity index (χ0) is 8.43. The van der Waals surface area contributed by atoms with E-state index in [2.05, 4.69) is 0 Å². The van der Waals surface area contributed by atoms with Crippen LogP contribution in [0.2, 0.25) is 0 Å². The molecule has 1 aromatic carbocycles. The van der Waals surface area contributed by atoms with Gasteiger partial charge < -0.3 is 16.0 Å². The number of benzene rings is 1. The Balaban J connectivity index is 3.19. The van der Waals surface area contributed by atoms with E-state index >= 15 is 0 Å². The van der Waals surface area contributed by atoms with Crippen LogP contribution in [0.5, 0.6) is 0 Å². The van der Waals surface area contributed by atoms with E-state index in [4.69, 9.17) is 16.0 Å². The average molecular weight is 172 g/mol. The molecule has 1 unspecified atom stereocenters. The molecular formula is C6H8N2O2S. The van der Waals surface area contributed by atoms with Gasteiger partial charge in [-0.25, -0.2) is 4.21 Å². The van der Waals surface area contributed by atoms with Crippen LogP contribution in [-0.4, -0.2) is 8.76 Å². The Kier molecular flexibility index (Phi) is 2.11. The minimum Gasteiger partial charge on any atom is -0.399 e. The van der Waals surface area contributed by atoms with Gasteiger partial charge in [-0.1, -0.05) is 0 Å². The zero-order valence-electron chi connectivity index (χ0n) is 5.65. The summed E-state index contributed by atoms with van der Waals surface area (Å²) >= 11 is -2.01. The number of anilines is 2. The molecule has 0 radical (unpaired) electrons. The van der Waals surface area contributed by atoms with Gasteiger partial charge in [-0.15, -0.1) is 0 Å². The quantitative estimate of drug-likeness (QED) is 0.423. The Bertz CT molecular complexity index is 280. The zero-order valence-corrected chi connectivity index (χ0v) is 6.47. The van der Waals surface area contributed by atoms with Crippen LogP contribution in [0.4, 0.5) is 11.4 Å². The van der Waals surface area contributed by atoms with Gasteiger partial charge in [-0.3, -0.25) is 0 Å². The fourth-order valence-corrected chi connectivity index (χ4v) is 1.22. The maximum atomic E-state index is 10.5. The van der Waals surface area contributed by atoms with Crippen molar-refractivity contribution in [1.82, 2.24) is 0 Å². The maximum Gasteiger partial charge on any atom is 0.186 e. The summed E-state index contributed by atoms with van der Waals surface area (Å²) in [6.45, 7) is 0. The van der Waals surface area contributed by atoms with Gasteiger partial charge in [0.05, 0.1) is 4.90 Å². The lowest BCUT2D eigenvalue weighted by Gasteiger charge is -1.99. The molecule has 60 valence electrons. The molecule has 0 aromatic heterocycles. The van der Waals surface area contributed by atoms with E-state index in [1.807, 2.05) is 0 Å². The molecule has 0 spiro atoms. The summed E-state index contributed by atoms with van der Waals surface area (Å²) < 4.78 is 19.1. The van der Waals surface area contributed by atoms with Gasteiger partial charge in [0.25, 0.3) is 0 Å². The van der Waals surface area contributed by atoms with Crippen molar-refractivity contribution >= 4 is 22.5 Å². The van der Waals surface area contributed by atoms with Gasteiger partial charge in [0.15, 0.2) is 11.1 Å². The molecule has 0 saturated heterocycles. The molecule has 1 atom stereocenters. The standard InChI is InChI=1S/C6H8N2O2S/c7-4-1-5(8)3-6(2-4)11(9)10/h1-3H,7-8H2,(H,9,10). The molecule has 0 saturated carbocycles. The largest absolute Gasteiger partial charge is 0.399 e. The Labute approximate surface area is 66.5 Å². The average Bonchev–Trinajstić information content (AvgIpc) is 1.85. The molecule has 0 aliphatic carbocycles. The number of nitrogen functional groups attached to an aromatic ring is 2. The second-order valence-corrected chi connectivity index (χ2v) is 3.05. The molecule has 4 nitrogen and oxygen atoms in total. The molecule has 5 N–H and O–H groups in total. The monoisotopic (exact) mass is 172 g/mol. The van der Waals surface area contributed by atoms with E-state index in [1.54, 1.807) is 0 Å². The first-order chi connectivity index (χ1) is 5.09. The van der Waals surface area contributed by atoms with Gasteiger partial charge in [0.2, 0.25) is 0 Å². The first kappa shape index (κ1) is 8.03. The fraction of sp³-hybridized carbons (Fsp3) is 0. The van der Waals surface area contributed by atoms with E-state index in [1.165, 1.54) is 18.2 Å². The fourth-order valence-electron chi connectivity index (χ4n) is 0.747. The molecule has 0 fully saturated rings. The van der Waals surface area contributed by atoms with E-state index in [0.29, 0.717) is 11.4 Å². The van der Waals surface area contributed by atoms with Crippen LogP contribution in [0, 0.1) is 0 Å². The normalized spacial score (nSPS) is 12.8. The van der Waals surface area contributed by atoms with Gasteiger partial charge in [-0.2, -0.15) is 0 Å². The Morgan fingerprint density at radius 3 is 2.00 bits per heavy atom. The second kappa shape index (κ2) is 2.89. The van der Waals surface area contributed by atoms with E-state index < -0.39 is 11.1 Å². The second-order valence-electron chi connectivity index (χ2n) is 2.08. The highest BCUT2D eigenvalue weighted by atomic mass is 32.2. The summed E-state index contributed by atoms with van der Waals surface area (Å²) in [5.74, 6) is 0. The van der Waals surface area contributed by atoms with Crippen molar-refractivity contribution in [2.45, 2.75) is 4.90 Å². The Morgan fingerprint density at radius 1 is 1.18 bits per heavy atom. The predicted octanol–water partition coefficient (Wildman–Crippen LogP) is 0.432. The van der Waals surface area contributed by atoms with Crippen LogP contribution in [0.25, 0.3) is 0 Å². The molecule has 1 rings (SSSR count). The Hall–Kier alpha value is -1.07. The number of rotatable bonds is 1. The first-order valence-corrected chi connectivity index (χ1v) is 3.97. The first-order valence-electron chi connectivity index (χ1n) is 2.86. The van der Waals surface area contributed by atoms with Crippen molar-refractivity contribution in [1.29, 1.82) is 0 Å². The highest BCUT2D eigenvalue weighted by Gasteiger charge is 2.00. The van der Waals surface area contributed by atoms with E-state index in [9.17, 15) is 4.21 Å². The van der Waals surface area contributed by atoms with Crippen LogP contribution < -0.4 is 11.5 Å². The van der Waals surface area contributed by atoms with E-state index in [0.717, 1.165) is 0 Å². The van der Waals surface area contributed by atoms with Crippen LogP contribution in [0.3, 0.4) is 0 Å². The van der Waals surface area contributed by atoms with Crippen LogP contribution in [0.15, 0.2) is 23.1 Å². The molecule has 0 amide bonds. The maximum absolute atomic E-state index is 10.5. The van der Waals surface area contributed by atoms with Crippen LogP contribution in [0.1, 0.15) is 0 Å². The van der Waals surface area contributed by atoms with Crippen molar-refractivity contribution in [3.8, 4) is 0 Å². The Morgan fingerprint density at radius 2 is 1.64 bits per heavy atom. The summed E-state index contributed by atoms with van der Waals surface area (Å²) in [5, 5.41) is 0. The van der Waals surface area contributed by atoms with Gasteiger partial charge in [0, 0.05) is 11.4 Å². The van der Waals surface area contributed by atoms with Gasteiger partial charge in [0.1, 0.15) is 0 Å². The molecule has 0 bridgehead atoms. The van der Waals surface area contributed by atoms with E-state index in [-0.39, 0.29) is 4.90 Å². The van der Waals surface area contributed by atoms with Crippen molar-refractivity contribution in [3.05, 3.63) is 18.2 Å². The van der Waals surface area contributed by atoms with Gasteiger partial charge in [-0.05, 0) is 18.2 Å². The SMILES string of the molecule is Nc1cc(N)cc(S(=O)O)c1. The summed E-state index contributed by atoms with van der Waals surface area (Å²) in [7, 11) is 0. The van der Waals surface area contributed by atoms with Crippen molar-refractivity contribution in [3.63, 3.8) is 0 Å². The minimum atomic E-state index is -2.01. The molecule has 0 heterocycles. The highest BCUT2D eigenvalue weighted by molar-refractivity contribution is 7.79. The van der Waals surface area contributed by atoms with Crippen LogP contribution >= 0.6 is 0 Å². The lowest BCUT2D eigenvalue weighted by atomic mass is 10.3. The van der Waals surface area contributed by atoms with Crippen LogP contribution in [-0.2, 0) is 11.1 Å². The topological polar surface area (TPSA) is 89.3 Å². The highest BCUT2D eigenvalue weighted by Crippen LogP contribution is 2.15. The van der Waals surface area contributed by atoms with Crippen molar-refractivity contribution in [2.75, 3.05) is 11.5 Å². The number of hydrogen-bond donors (Lipinski definition) is 3. The summed E-state index contributed by atoms with van der Waals surface area (Å²) in [4.78, 5) is 0.225. The molecule has 0 aliphatic rings. The molecule has 11 heavy (non-hydrogen) atoms. The minimum absolute atomic E-state index is 0.225. The number of nitrogens with two attached hydrogens (primary N) is 2. The third kappa shape index (κ3) is 1.92. The molecule has 1 aromatic rings. The smallest absolute Gasteiger partial charge is 0.186 e. The van der Waals surface area contributed by atoms with Crippen molar-refractivity contribution in [2.24, 2.45) is 0 Å². The summed E-state index contributed by atoms with van der Waals surface area (Å²) in [5.41, 5.74) is 11.5. The lowest BCUT2D eigenvalue weighted by Crippen LogP contribution is -1.95. The third-order valence-electron chi connectivity index (χ3n) is 1.15. The molecule has 0 aliphatic heterocycles. The number of hydrogen-bond acceptors (Lipinski definition) is 3. The predicted molar refractivity (Wildman–Crippen MR) is 44.3 cm³/mol. The van der Waals surface area contributed by atoms with Crippen molar-refractivity contribution < 1.29 is 8.76 Å².